The van der Waals surface area contributed by atoms with Crippen molar-refractivity contribution in [2.75, 3.05) is 11.1 Å². The second-order valence-electron chi connectivity index (χ2n) is 5.19. The smallest absolute Gasteiger partial charge is 0.123 e. The number of nitrogens with two attached hydrogens (primary N) is 1. The van der Waals surface area contributed by atoms with Crippen LogP contribution in [0.25, 0.3) is 0 Å². The zero-order valence-corrected chi connectivity index (χ0v) is 12.5. The summed E-state index contributed by atoms with van der Waals surface area (Å²) in [7, 11) is 0. The molecule has 0 saturated carbocycles. The molecule has 0 aliphatic heterocycles. The summed E-state index contributed by atoms with van der Waals surface area (Å²) in [6, 6.07) is 13.4. The Morgan fingerprint density at radius 3 is 2.67 bits per heavy atom. The highest BCUT2D eigenvalue weighted by atomic mass is 16.5. The number of nitrogens with one attached hydrogen (secondary N) is 1. The molecule has 0 atom stereocenters. The molecular formula is C17H19N3O. The molecule has 4 nitrogen and oxygen atoms in total. The van der Waals surface area contributed by atoms with E-state index in [1.165, 1.54) is 0 Å². The van der Waals surface area contributed by atoms with Gasteiger partial charge in [-0.3, -0.25) is 0 Å². The Morgan fingerprint density at radius 2 is 2.00 bits per heavy atom. The maximum Gasteiger partial charge on any atom is 0.123 e. The lowest BCUT2D eigenvalue weighted by molar-refractivity contribution is 0.242. The first-order chi connectivity index (χ1) is 9.99. The predicted octanol–water partition coefficient (Wildman–Crippen LogP) is 3.98. The average molecular weight is 281 g/mol. The minimum Gasteiger partial charge on any atom is -0.491 e. The van der Waals surface area contributed by atoms with Gasteiger partial charge in [-0.1, -0.05) is 12.1 Å². The highest BCUT2D eigenvalue weighted by Gasteiger charge is 2.07. The monoisotopic (exact) mass is 281 g/mol. The quantitative estimate of drug-likeness (QED) is 0.831. The largest absolute Gasteiger partial charge is 0.491 e. The molecule has 0 radical (unpaired) electrons. The van der Waals surface area contributed by atoms with E-state index in [1.54, 1.807) is 6.07 Å². The first-order valence-electron chi connectivity index (χ1n) is 6.83. The van der Waals surface area contributed by atoms with Gasteiger partial charge in [0, 0.05) is 23.5 Å². The summed E-state index contributed by atoms with van der Waals surface area (Å²) in [5.74, 6) is 0.707. The number of aryl methyl sites for hydroxylation is 1. The molecule has 0 heterocycles. The first-order valence-corrected chi connectivity index (χ1v) is 6.83. The van der Waals surface area contributed by atoms with Gasteiger partial charge in [-0.15, -0.1) is 0 Å². The molecule has 0 unspecified atom stereocenters. The van der Waals surface area contributed by atoms with Crippen molar-refractivity contribution < 1.29 is 4.74 Å². The van der Waals surface area contributed by atoms with E-state index in [9.17, 15) is 5.26 Å². The van der Waals surface area contributed by atoms with Gasteiger partial charge in [0.1, 0.15) is 11.8 Å². The van der Waals surface area contributed by atoms with Crippen LogP contribution >= 0.6 is 0 Å². The minimum absolute atomic E-state index is 0.0771. The summed E-state index contributed by atoms with van der Waals surface area (Å²) in [5.41, 5.74) is 9.64. The fourth-order valence-corrected chi connectivity index (χ4v) is 2.11. The van der Waals surface area contributed by atoms with Crippen LogP contribution in [0.3, 0.4) is 0 Å². The second kappa shape index (κ2) is 6.19. The molecular weight excluding hydrogens is 262 g/mol. The second-order valence-corrected chi connectivity index (χ2v) is 5.19. The highest BCUT2D eigenvalue weighted by Crippen LogP contribution is 2.28. The van der Waals surface area contributed by atoms with E-state index >= 15 is 0 Å². The fourth-order valence-electron chi connectivity index (χ4n) is 2.11. The van der Waals surface area contributed by atoms with Crippen LogP contribution in [0.4, 0.5) is 17.1 Å². The maximum atomic E-state index is 9.27. The number of rotatable bonds is 4. The number of nitrogens with zero attached hydrogens (tertiary/aromatic N) is 1. The third kappa shape index (κ3) is 3.67. The van der Waals surface area contributed by atoms with Gasteiger partial charge in [0.2, 0.25) is 0 Å². The molecule has 4 heteroatoms. The van der Waals surface area contributed by atoms with E-state index in [0.29, 0.717) is 17.0 Å². The van der Waals surface area contributed by atoms with Crippen molar-refractivity contribution in [1.29, 1.82) is 5.26 Å². The molecule has 108 valence electrons. The summed E-state index contributed by atoms with van der Waals surface area (Å²) in [4.78, 5) is 0. The molecule has 0 spiro atoms. The van der Waals surface area contributed by atoms with E-state index in [4.69, 9.17) is 10.5 Å². The van der Waals surface area contributed by atoms with Crippen LogP contribution in [0.15, 0.2) is 36.4 Å². The van der Waals surface area contributed by atoms with Crippen LogP contribution in [0.1, 0.15) is 25.0 Å². The lowest BCUT2D eigenvalue weighted by Crippen LogP contribution is -2.06. The van der Waals surface area contributed by atoms with Crippen LogP contribution in [0, 0.1) is 18.3 Å². The molecule has 3 N–H and O–H groups in total. The van der Waals surface area contributed by atoms with E-state index < -0.39 is 0 Å². The summed E-state index contributed by atoms with van der Waals surface area (Å²) < 4.78 is 5.67. The Labute approximate surface area is 125 Å². The number of ether oxygens (including phenoxy) is 1. The van der Waals surface area contributed by atoms with Crippen molar-refractivity contribution in [2.24, 2.45) is 0 Å². The first kappa shape index (κ1) is 14.7. The fraction of sp³-hybridized carbons (Fsp3) is 0.235. The lowest BCUT2D eigenvalue weighted by Gasteiger charge is -2.14. The van der Waals surface area contributed by atoms with Gasteiger partial charge in [0.05, 0.1) is 17.4 Å². The van der Waals surface area contributed by atoms with Crippen molar-refractivity contribution in [3.05, 3.63) is 47.5 Å². The summed E-state index contributed by atoms with van der Waals surface area (Å²) in [6.07, 6.45) is 0.0771. The maximum absolute atomic E-state index is 9.27. The van der Waals surface area contributed by atoms with Gasteiger partial charge in [-0.2, -0.15) is 5.26 Å². The van der Waals surface area contributed by atoms with Crippen LogP contribution < -0.4 is 15.8 Å². The van der Waals surface area contributed by atoms with Crippen molar-refractivity contribution in [3.8, 4) is 11.8 Å². The van der Waals surface area contributed by atoms with Gasteiger partial charge >= 0.3 is 0 Å². The van der Waals surface area contributed by atoms with Gasteiger partial charge < -0.3 is 15.8 Å². The Balaban J connectivity index is 2.34. The summed E-state index contributed by atoms with van der Waals surface area (Å²) in [5, 5.41) is 12.5. The van der Waals surface area contributed by atoms with Crippen LogP contribution in [0.2, 0.25) is 0 Å². The molecule has 0 saturated heterocycles. The van der Waals surface area contributed by atoms with Crippen molar-refractivity contribution >= 4 is 17.1 Å². The molecule has 2 aromatic rings. The van der Waals surface area contributed by atoms with E-state index in [-0.39, 0.29) is 6.10 Å². The Bertz CT molecular complexity index is 687. The molecule has 0 aromatic heterocycles. The number of benzene rings is 2. The molecule has 0 bridgehead atoms. The topological polar surface area (TPSA) is 71.1 Å². The zero-order chi connectivity index (χ0) is 15.4. The molecule has 0 aliphatic carbocycles. The molecule has 21 heavy (non-hydrogen) atoms. The highest BCUT2D eigenvalue weighted by molar-refractivity contribution is 5.71. The van der Waals surface area contributed by atoms with Gasteiger partial charge in [0.15, 0.2) is 0 Å². The normalized spacial score (nSPS) is 10.2. The SMILES string of the molecule is Cc1cccc(Nc2cc(N)cc(OC(C)C)c2)c1C#N. The predicted molar refractivity (Wildman–Crippen MR) is 85.8 cm³/mol. The summed E-state index contributed by atoms with van der Waals surface area (Å²) in [6.45, 7) is 5.84. The van der Waals surface area contributed by atoms with Gasteiger partial charge in [0.25, 0.3) is 0 Å². The number of hydrogen-bond donors (Lipinski definition) is 2. The van der Waals surface area contributed by atoms with Gasteiger partial charge in [-0.25, -0.2) is 0 Å². The third-order valence-electron chi connectivity index (χ3n) is 2.96. The number of nitrogen functional groups attached to an aromatic ring is 1. The Hall–Kier alpha value is -2.67. The van der Waals surface area contributed by atoms with Crippen molar-refractivity contribution in [2.45, 2.75) is 26.9 Å². The minimum atomic E-state index is 0.0771. The number of nitriles is 1. The Kier molecular flexibility index (Phi) is 4.34. The molecule has 0 fully saturated rings. The number of hydrogen-bond acceptors (Lipinski definition) is 4. The molecule has 2 rings (SSSR count). The van der Waals surface area contributed by atoms with Gasteiger partial charge in [-0.05, 0) is 38.5 Å². The van der Waals surface area contributed by atoms with Crippen LogP contribution in [-0.2, 0) is 0 Å². The molecule has 2 aromatic carbocycles. The number of anilines is 3. The van der Waals surface area contributed by atoms with E-state index in [0.717, 1.165) is 16.9 Å². The van der Waals surface area contributed by atoms with E-state index in [1.807, 2.05) is 51.1 Å². The van der Waals surface area contributed by atoms with Crippen LogP contribution in [-0.4, -0.2) is 6.10 Å². The summed E-state index contributed by atoms with van der Waals surface area (Å²) >= 11 is 0. The zero-order valence-electron chi connectivity index (χ0n) is 12.5. The average Bonchev–Trinajstić information content (AvgIpc) is 2.37. The van der Waals surface area contributed by atoms with Crippen LogP contribution in [0.5, 0.6) is 5.75 Å². The third-order valence-corrected chi connectivity index (χ3v) is 2.96. The molecule has 0 aliphatic rings. The van der Waals surface area contributed by atoms with E-state index in [2.05, 4.69) is 11.4 Å². The lowest BCUT2D eigenvalue weighted by atomic mass is 10.1. The Morgan fingerprint density at radius 1 is 1.24 bits per heavy atom. The van der Waals surface area contributed by atoms with Crippen molar-refractivity contribution in [1.82, 2.24) is 0 Å². The van der Waals surface area contributed by atoms with Crippen molar-refractivity contribution in [3.63, 3.8) is 0 Å². The standard InChI is InChI=1S/C17H19N3O/c1-11(2)21-15-8-13(19)7-14(9-15)20-17-6-4-5-12(3)16(17)10-18/h4-9,11,20H,19H2,1-3H3. The molecule has 0 amide bonds.